The Bertz CT molecular complexity index is 119. The fourth-order valence-corrected chi connectivity index (χ4v) is 0.873. The summed E-state index contributed by atoms with van der Waals surface area (Å²) < 4.78 is 0. The Kier molecular flexibility index (Phi) is 7.05. The topological polar surface area (TPSA) is 37.3 Å². The Balaban J connectivity index is 3.28. The van der Waals surface area contributed by atoms with Gasteiger partial charge in [0.05, 0.1) is 6.10 Å². The third-order valence-electron chi connectivity index (χ3n) is 1.52. The van der Waals surface area contributed by atoms with E-state index in [2.05, 4.69) is 6.92 Å². The van der Waals surface area contributed by atoms with Crippen molar-refractivity contribution < 1.29 is 9.90 Å². The molecule has 0 aromatic carbocycles. The van der Waals surface area contributed by atoms with Gasteiger partial charge in [0.1, 0.15) is 6.29 Å². The second-order valence-electron chi connectivity index (χ2n) is 2.58. The van der Waals surface area contributed by atoms with Crippen LogP contribution in [0.15, 0.2) is 12.2 Å². The van der Waals surface area contributed by atoms with Crippen LogP contribution in [0.25, 0.3) is 0 Å². The number of aliphatic hydroxyl groups excluding tert-OH is 1. The van der Waals surface area contributed by atoms with E-state index in [-0.39, 0.29) is 0 Å². The van der Waals surface area contributed by atoms with Gasteiger partial charge < -0.3 is 5.11 Å². The number of allylic oxidation sites excluding steroid dienone is 1. The second-order valence-corrected chi connectivity index (χ2v) is 2.58. The lowest BCUT2D eigenvalue weighted by atomic mass is 10.1. The number of unbranched alkanes of at least 4 members (excludes halogenated alkanes) is 2. The molecule has 0 aliphatic rings. The maximum atomic E-state index is 9.84. The van der Waals surface area contributed by atoms with Crippen molar-refractivity contribution >= 4 is 6.29 Å². The minimum absolute atomic E-state index is 0.438. The van der Waals surface area contributed by atoms with Gasteiger partial charge in [0.15, 0.2) is 0 Å². The number of aliphatic hydroxyl groups is 1. The molecule has 0 heterocycles. The summed E-state index contributed by atoms with van der Waals surface area (Å²) in [7, 11) is 0. The van der Waals surface area contributed by atoms with Crippen molar-refractivity contribution in [2.45, 2.75) is 38.7 Å². The average Bonchev–Trinajstić information content (AvgIpc) is 2.01. The van der Waals surface area contributed by atoms with E-state index in [9.17, 15) is 4.79 Å². The highest BCUT2D eigenvalue weighted by molar-refractivity contribution is 5.64. The first kappa shape index (κ1) is 10.4. The number of carbonyl (C=O) groups excluding carboxylic acids is 1. The lowest BCUT2D eigenvalue weighted by Crippen LogP contribution is -2.01. The fraction of sp³-hybridized carbons (Fsp3) is 0.667. The predicted molar refractivity (Wildman–Crippen MR) is 45.4 cm³/mol. The molecule has 0 bridgehead atoms. The zero-order valence-corrected chi connectivity index (χ0v) is 6.99. The van der Waals surface area contributed by atoms with Gasteiger partial charge in [0, 0.05) is 0 Å². The van der Waals surface area contributed by atoms with E-state index in [4.69, 9.17) is 5.11 Å². The van der Waals surface area contributed by atoms with Crippen molar-refractivity contribution in [3.8, 4) is 0 Å². The molecule has 64 valence electrons. The summed E-state index contributed by atoms with van der Waals surface area (Å²) in [5, 5.41) is 9.16. The molecule has 0 aliphatic carbocycles. The Morgan fingerprint density at radius 1 is 1.45 bits per heavy atom. The van der Waals surface area contributed by atoms with Crippen molar-refractivity contribution in [1.82, 2.24) is 0 Å². The van der Waals surface area contributed by atoms with E-state index in [1.54, 1.807) is 0 Å². The molecule has 2 heteroatoms. The van der Waals surface area contributed by atoms with Crippen molar-refractivity contribution in [3.05, 3.63) is 12.2 Å². The largest absolute Gasteiger partial charge is 0.389 e. The van der Waals surface area contributed by atoms with Crippen LogP contribution in [0.3, 0.4) is 0 Å². The molecule has 0 radical (unpaired) electrons. The summed E-state index contributed by atoms with van der Waals surface area (Å²) in [6.07, 6.45) is 7.21. The summed E-state index contributed by atoms with van der Waals surface area (Å²) in [6.45, 7) is 2.12. The van der Waals surface area contributed by atoms with Crippen LogP contribution in [0, 0.1) is 0 Å². The van der Waals surface area contributed by atoms with Crippen LogP contribution in [0.2, 0.25) is 0 Å². The van der Waals surface area contributed by atoms with Gasteiger partial charge in [-0.25, -0.2) is 0 Å². The summed E-state index contributed by atoms with van der Waals surface area (Å²) in [5.41, 5.74) is 0. The monoisotopic (exact) mass is 156 g/mol. The maximum absolute atomic E-state index is 9.84. The van der Waals surface area contributed by atoms with Gasteiger partial charge >= 0.3 is 0 Å². The lowest BCUT2D eigenvalue weighted by Gasteiger charge is -2.02. The first-order valence-corrected chi connectivity index (χ1v) is 4.11. The van der Waals surface area contributed by atoms with Crippen LogP contribution >= 0.6 is 0 Å². The van der Waals surface area contributed by atoms with Crippen LogP contribution in [0.4, 0.5) is 0 Å². The fourth-order valence-electron chi connectivity index (χ4n) is 0.873. The molecule has 1 N–H and O–H groups in total. The quantitative estimate of drug-likeness (QED) is 0.361. The standard InChI is InChI=1S/C9H16O2/c1-2-3-4-6-9(11)7-5-8-10/h5,7-9,11H,2-4,6H2,1H3/t9-/m1/s1. The minimum Gasteiger partial charge on any atom is -0.389 e. The van der Waals surface area contributed by atoms with Gasteiger partial charge in [0.2, 0.25) is 0 Å². The Morgan fingerprint density at radius 2 is 2.18 bits per heavy atom. The molecule has 0 aliphatic heterocycles. The first-order valence-electron chi connectivity index (χ1n) is 4.11. The number of hydrogen-bond donors (Lipinski definition) is 1. The van der Waals surface area contributed by atoms with Crippen LogP contribution in [0.1, 0.15) is 32.6 Å². The van der Waals surface area contributed by atoms with Gasteiger partial charge in [-0.2, -0.15) is 0 Å². The highest BCUT2D eigenvalue weighted by Gasteiger charge is 1.96. The van der Waals surface area contributed by atoms with Gasteiger partial charge in [-0.1, -0.05) is 32.3 Å². The zero-order chi connectivity index (χ0) is 8.53. The molecule has 11 heavy (non-hydrogen) atoms. The Hall–Kier alpha value is -0.630. The number of hydrogen-bond acceptors (Lipinski definition) is 2. The van der Waals surface area contributed by atoms with Crippen molar-refractivity contribution in [2.75, 3.05) is 0 Å². The summed E-state index contributed by atoms with van der Waals surface area (Å²) in [6, 6.07) is 0. The molecule has 0 rings (SSSR count). The predicted octanol–water partition coefficient (Wildman–Crippen LogP) is 1.68. The molecule has 1 atom stereocenters. The van der Waals surface area contributed by atoms with Crippen LogP contribution in [-0.4, -0.2) is 17.5 Å². The summed E-state index contributed by atoms with van der Waals surface area (Å²) in [4.78, 5) is 9.84. The van der Waals surface area contributed by atoms with E-state index < -0.39 is 6.10 Å². The molecule has 2 nitrogen and oxygen atoms in total. The van der Waals surface area contributed by atoms with E-state index in [0.717, 1.165) is 25.7 Å². The Morgan fingerprint density at radius 3 is 2.73 bits per heavy atom. The van der Waals surface area contributed by atoms with E-state index in [1.807, 2.05) is 0 Å². The highest BCUT2D eigenvalue weighted by Crippen LogP contribution is 2.03. The van der Waals surface area contributed by atoms with E-state index >= 15 is 0 Å². The van der Waals surface area contributed by atoms with Crippen molar-refractivity contribution in [3.63, 3.8) is 0 Å². The molecule has 0 amide bonds. The molecule has 0 saturated heterocycles. The minimum atomic E-state index is -0.438. The highest BCUT2D eigenvalue weighted by atomic mass is 16.3. The molecule has 0 aromatic heterocycles. The van der Waals surface area contributed by atoms with Gasteiger partial charge in [-0.3, -0.25) is 4.79 Å². The molecule has 0 fully saturated rings. The van der Waals surface area contributed by atoms with E-state index in [1.165, 1.54) is 12.2 Å². The van der Waals surface area contributed by atoms with Gasteiger partial charge in [0.25, 0.3) is 0 Å². The van der Waals surface area contributed by atoms with Crippen LogP contribution in [0.5, 0.6) is 0 Å². The number of rotatable bonds is 6. The maximum Gasteiger partial charge on any atom is 0.142 e. The third-order valence-corrected chi connectivity index (χ3v) is 1.52. The molecular formula is C9H16O2. The zero-order valence-electron chi connectivity index (χ0n) is 6.99. The second kappa shape index (κ2) is 7.48. The number of aldehydes is 1. The lowest BCUT2D eigenvalue weighted by molar-refractivity contribution is -0.104. The van der Waals surface area contributed by atoms with Gasteiger partial charge in [-0.15, -0.1) is 0 Å². The van der Waals surface area contributed by atoms with Gasteiger partial charge in [-0.05, 0) is 12.5 Å². The SMILES string of the molecule is CCCCC[C@@H](O)C=CC=O. The van der Waals surface area contributed by atoms with Crippen LogP contribution in [-0.2, 0) is 4.79 Å². The van der Waals surface area contributed by atoms with Crippen LogP contribution < -0.4 is 0 Å². The molecule has 0 aromatic rings. The number of carbonyl (C=O) groups is 1. The summed E-state index contributed by atoms with van der Waals surface area (Å²) in [5.74, 6) is 0. The Labute approximate surface area is 67.9 Å². The molecule has 0 saturated carbocycles. The van der Waals surface area contributed by atoms with E-state index in [0.29, 0.717) is 6.29 Å². The normalized spacial score (nSPS) is 13.6. The smallest absolute Gasteiger partial charge is 0.142 e. The molecule has 0 spiro atoms. The van der Waals surface area contributed by atoms with Crippen molar-refractivity contribution in [2.24, 2.45) is 0 Å². The third kappa shape index (κ3) is 7.26. The van der Waals surface area contributed by atoms with Crippen molar-refractivity contribution in [1.29, 1.82) is 0 Å². The molecular weight excluding hydrogens is 140 g/mol. The molecule has 0 unspecified atom stereocenters. The average molecular weight is 156 g/mol. The summed E-state index contributed by atoms with van der Waals surface area (Å²) >= 11 is 0. The first-order chi connectivity index (χ1) is 5.31.